The first-order chi connectivity index (χ1) is 9.93. The normalized spacial score (nSPS) is 11.1. The molecule has 0 aliphatic carbocycles. The van der Waals surface area contributed by atoms with Crippen molar-refractivity contribution in [2.24, 2.45) is 0 Å². The zero-order chi connectivity index (χ0) is 15.9. The average molecular weight is 293 g/mol. The Bertz CT molecular complexity index is 469. The number of benzene rings is 1. The van der Waals surface area contributed by atoms with Gasteiger partial charge in [-0.3, -0.25) is 4.79 Å². The van der Waals surface area contributed by atoms with Gasteiger partial charge in [-0.1, -0.05) is 20.3 Å². The maximum Gasteiger partial charge on any atom is 0.251 e. The van der Waals surface area contributed by atoms with E-state index in [2.05, 4.69) is 12.2 Å². The first-order valence-corrected chi connectivity index (χ1v) is 7.57. The number of hydrogen-bond donors (Lipinski definition) is 1. The number of rotatable bonds is 8. The Labute approximate surface area is 127 Å². The summed E-state index contributed by atoms with van der Waals surface area (Å²) in [6.45, 7) is 8.82. The fraction of sp³-hybridized carbons (Fsp3) is 0.588. The molecule has 0 aromatic heterocycles. The van der Waals surface area contributed by atoms with E-state index in [1.165, 1.54) is 0 Å². The summed E-state index contributed by atoms with van der Waals surface area (Å²) in [7, 11) is 1.58. The van der Waals surface area contributed by atoms with Crippen molar-refractivity contribution in [3.63, 3.8) is 0 Å². The second-order valence-electron chi connectivity index (χ2n) is 5.76. The lowest BCUT2D eigenvalue weighted by Crippen LogP contribution is -2.42. The Morgan fingerprint density at radius 2 is 1.95 bits per heavy atom. The first-order valence-electron chi connectivity index (χ1n) is 7.57. The minimum Gasteiger partial charge on any atom is -0.493 e. The van der Waals surface area contributed by atoms with Crippen LogP contribution >= 0.6 is 0 Å². The van der Waals surface area contributed by atoms with E-state index in [1.54, 1.807) is 25.3 Å². The minimum absolute atomic E-state index is 0.0970. The minimum atomic E-state index is -0.222. The molecule has 4 nitrogen and oxygen atoms in total. The lowest BCUT2D eigenvalue weighted by atomic mass is 10.0. The van der Waals surface area contributed by atoms with Crippen molar-refractivity contribution >= 4 is 5.91 Å². The molecule has 0 unspecified atom stereocenters. The SMILES string of the molecule is CCCCOc1ccc(C(=O)NC(C)(C)CC)cc1OC. The van der Waals surface area contributed by atoms with E-state index in [1.807, 2.05) is 20.8 Å². The van der Waals surface area contributed by atoms with Gasteiger partial charge in [0.15, 0.2) is 11.5 Å². The van der Waals surface area contributed by atoms with Gasteiger partial charge in [0, 0.05) is 11.1 Å². The molecule has 0 saturated heterocycles. The highest BCUT2D eigenvalue weighted by Gasteiger charge is 2.19. The lowest BCUT2D eigenvalue weighted by Gasteiger charge is -2.24. The van der Waals surface area contributed by atoms with Crippen LogP contribution in [0.15, 0.2) is 18.2 Å². The zero-order valence-electron chi connectivity index (χ0n) is 13.8. The van der Waals surface area contributed by atoms with Crippen LogP contribution in [0.4, 0.5) is 0 Å². The molecule has 0 fully saturated rings. The van der Waals surface area contributed by atoms with Crippen LogP contribution in [0.3, 0.4) is 0 Å². The molecule has 0 aliphatic heterocycles. The zero-order valence-corrected chi connectivity index (χ0v) is 13.8. The number of methoxy groups -OCH3 is 1. The lowest BCUT2D eigenvalue weighted by molar-refractivity contribution is 0.0911. The standard InChI is InChI=1S/C17H27NO3/c1-6-8-11-21-14-10-9-13(12-15(14)20-5)16(19)18-17(3,4)7-2/h9-10,12H,6-8,11H2,1-5H3,(H,18,19). The Balaban J connectivity index is 2.83. The van der Waals surface area contributed by atoms with E-state index in [9.17, 15) is 4.79 Å². The molecule has 1 aromatic rings. The van der Waals surface area contributed by atoms with Crippen LogP contribution < -0.4 is 14.8 Å². The van der Waals surface area contributed by atoms with Crippen LogP contribution in [-0.2, 0) is 0 Å². The van der Waals surface area contributed by atoms with Gasteiger partial charge in [0.2, 0.25) is 0 Å². The van der Waals surface area contributed by atoms with Crippen LogP contribution in [-0.4, -0.2) is 25.2 Å². The Morgan fingerprint density at radius 3 is 2.52 bits per heavy atom. The Hall–Kier alpha value is -1.71. The van der Waals surface area contributed by atoms with Gasteiger partial charge < -0.3 is 14.8 Å². The summed E-state index contributed by atoms with van der Waals surface area (Å²) in [5.74, 6) is 1.17. The predicted octanol–water partition coefficient (Wildman–Crippen LogP) is 3.79. The fourth-order valence-electron chi connectivity index (χ4n) is 1.72. The highest BCUT2D eigenvalue weighted by Crippen LogP contribution is 2.28. The summed E-state index contributed by atoms with van der Waals surface area (Å²) in [5.41, 5.74) is 0.358. The molecular formula is C17H27NO3. The summed E-state index contributed by atoms with van der Waals surface area (Å²) in [4.78, 5) is 12.3. The molecule has 0 radical (unpaired) electrons. The van der Waals surface area contributed by atoms with Crippen LogP contribution in [0.5, 0.6) is 11.5 Å². The maximum atomic E-state index is 12.3. The second kappa shape index (κ2) is 7.91. The van der Waals surface area contributed by atoms with E-state index >= 15 is 0 Å². The molecule has 0 heterocycles. The summed E-state index contributed by atoms with van der Waals surface area (Å²) in [6.07, 6.45) is 2.94. The van der Waals surface area contributed by atoms with E-state index in [4.69, 9.17) is 9.47 Å². The summed E-state index contributed by atoms with van der Waals surface area (Å²) in [6, 6.07) is 5.29. The topological polar surface area (TPSA) is 47.6 Å². The van der Waals surface area contributed by atoms with Gasteiger partial charge in [0.05, 0.1) is 13.7 Å². The molecule has 0 saturated carbocycles. The molecule has 1 rings (SSSR count). The molecule has 0 aliphatic rings. The largest absolute Gasteiger partial charge is 0.493 e. The van der Waals surface area contributed by atoms with E-state index in [-0.39, 0.29) is 11.4 Å². The molecule has 4 heteroatoms. The maximum absolute atomic E-state index is 12.3. The molecule has 118 valence electrons. The summed E-state index contributed by atoms with van der Waals surface area (Å²) in [5, 5.41) is 3.01. The fourth-order valence-corrected chi connectivity index (χ4v) is 1.72. The number of hydrogen-bond acceptors (Lipinski definition) is 3. The average Bonchev–Trinajstić information content (AvgIpc) is 2.47. The molecule has 1 aromatic carbocycles. The number of unbranched alkanes of at least 4 members (excludes halogenated alkanes) is 1. The molecule has 1 N–H and O–H groups in total. The molecule has 0 spiro atoms. The van der Waals surface area contributed by atoms with Crippen molar-refractivity contribution in [3.05, 3.63) is 23.8 Å². The molecule has 1 amide bonds. The predicted molar refractivity (Wildman–Crippen MR) is 85.2 cm³/mol. The van der Waals surface area contributed by atoms with Gasteiger partial charge >= 0.3 is 0 Å². The van der Waals surface area contributed by atoms with Crippen molar-refractivity contribution in [1.29, 1.82) is 0 Å². The third kappa shape index (κ3) is 5.29. The van der Waals surface area contributed by atoms with Gasteiger partial charge in [0.25, 0.3) is 5.91 Å². The monoisotopic (exact) mass is 293 g/mol. The van der Waals surface area contributed by atoms with Crippen LogP contribution in [0.1, 0.15) is 57.3 Å². The highest BCUT2D eigenvalue weighted by atomic mass is 16.5. The van der Waals surface area contributed by atoms with Crippen LogP contribution in [0, 0.1) is 0 Å². The quantitative estimate of drug-likeness (QED) is 0.742. The number of nitrogens with one attached hydrogen (secondary N) is 1. The highest BCUT2D eigenvalue weighted by molar-refractivity contribution is 5.95. The van der Waals surface area contributed by atoms with Crippen molar-refractivity contribution in [2.45, 2.75) is 52.5 Å². The summed E-state index contributed by atoms with van der Waals surface area (Å²) >= 11 is 0. The van der Waals surface area contributed by atoms with Crippen LogP contribution in [0.25, 0.3) is 0 Å². The van der Waals surface area contributed by atoms with E-state index < -0.39 is 0 Å². The van der Waals surface area contributed by atoms with E-state index in [0.29, 0.717) is 23.7 Å². The Morgan fingerprint density at radius 1 is 1.24 bits per heavy atom. The van der Waals surface area contributed by atoms with Crippen molar-refractivity contribution in [3.8, 4) is 11.5 Å². The van der Waals surface area contributed by atoms with Crippen molar-refractivity contribution in [2.75, 3.05) is 13.7 Å². The molecule has 0 atom stereocenters. The number of carbonyl (C=O) groups excluding carboxylic acids is 1. The van der Waals surface area contributed by atoms with Gasteiger partial charge in [-0.2, -0.15) is 0 Å². The third-order valence-corrected chi connectivity index (χ3v) is 3.52. The van der Waals surface area contributed by atoms with Crippen molar-refractivity contribution in [1.82, 2.24) is 5.32 Å². The smallest absolute Gasteiger partial charge is 0.251 e. The van der Waals surface area contributed by atoms with Gasteiger partial charge in [0.1, 0.15) is 0 Å². The van der Waals surface area contributed by atoms with Gasteiger partial charge in [-0.05, 0) is 44.9 Å². The van der Waals surface area contributed by atoms with E-state index in [0.717, 1.165) is 19.3 Å². The molecular weight excluding hydrogens is 266 g/mol. The third-order valence-electron chi connectivity index (χ3n) is 3.52. The molecule has 21 heavy (non-hydrogen) atoms. The van der Waals surface area contributed by atoms with Gasteiger partial charge in [-0.25, -0.2) is 0 Å². The summed E-state index contributed by atoms with van der Waals surface area (Å²) < 4.78 is 11.0. The second-order valence-corrected chi connectivity index (χ2v) is 5.76. The van der Waals surface area contributed by atoms with Crippen molar-refractivity contribution < 1.29 is 14.3 Å². The number of amides is 1. The number of ether oxygens (including phenoxy) is 2. The Kier molecular flexibility index (Phi) is 6.53. The molecule has 0 bridgehead atoms. The first kappa shape index (κ1) is 17.3. The number of carbonyl (C=O) groups is 1. The van der Waals surface area contributed by atoms with Gasteiger partial charge in [-0.15, -0.1) is 0 Å². The van der Waals surface area contributed by atoms with Crippen LogP contribution in [0.2, 0.25) is 0 Å².